The molecule has 0 aliphatic carbocycles. The number of hydrogen-bond acceptors (Lipinski definition) is 4. The highest BCUT2D eigenvalue weighted by Gasteiger charge is 2.02. The molecule has 0 saturated heterocycles. The Kier molecular flexibility index (Phi) is 8.25. The van der Waals surface area contributed by atoms with Gasteiger partial charge in [-0.15, -0.1) is 5.10 Å². The Labute approximate surface area is 153 Å². The molecule has 1 heterocycles. The molecular weight excluding hydrogens is 334 g/mol. The maximum Gasteiger partial charge on any atom is 0.304 e. The summed E-state index contributed by atoms with van der Waals surface area (Å²) in [6.07, 6.45) is 7.23. The van der Waals surface area contributed by atoms with Crippen molar-refractivity contribution in [1.82, 2.24) is 15.0 Å². The highest BCUT2D eigenvalue weighted by Crippen LogP contribution is 2.09. The zero-order valence-corrected chi connectivity index (χ0v) is 15.4. The Bertz CT molecular complexity index is 683. The topological polar surface area (TPSA) is 68.0 Å². The number of thioether (sulfide) groups is 1. The standard InChI is InChI=1S/C19H25N3O2S/c1-16(10-13-25-14-11-19(23)24)9-12-22-15-18(20-21-22)8-7-17-5-3-2-4-6-17/h2-6,10,15H,7-9,11-14H2,1H3,(H,23,24)/b16-10+. The first-order chi connectivity index (χ1) is 12.1. The van der Waals surface area contributed by atoms with E-state index in [1.54, 1.807) is 11.8 Å². The van der Waals surface area contributed by atoms with Gasteiger partial charge in [0, 0.05) is 24.2 Å². The van der Waals surface area contributed by atoms with Crippen LogP contribution in [0.4, 0.5) is 0 Å². The van der Waals surface area contributed by atoms with E-state index in [1.807, 2.05) is 16.9 Å². The minimum absolute atomic E-state index is 0.224. The summed E-state index contributed by atoms with van der Waals surface area (Å²) in [6.45, 7) is 2.92. The van der Waals surface area contributed by atoms with Gasteiger partial charge in [0.25, 0.3) is 0 Å². The first-order valence-electron chi connectivity index (χ1n) is 8.51. The van der Waals surface area contributed by atoms with Gasteiger partial charge in [0.1, 0.15) is 0 Å². The second kappa shape index (κ2) is 10.7. The van der Waals surface area contributed by atoms with E-state index in [-0.39, 0.29) is 6.42 Å². The predicted molar refractivity (Wildman–Crippen MR) is 102 cm³/mol. The van der Waals surface area contributed by atoms with Crippen molar-refractivity contribution in [1.29, 1.82) is 0 Å². The fourth-order valence-corrected chi connectivity index (χ4v) is 3.20. The molecule has 0 bridgehead atoms. The summed E-state index contributed by atoms with van der Waals surface area (Å²) in [6, 6.07) is 10.4. The third-order valence-corrected chi connectivity index (χ3v) is 4.74. The summed E-state index contributed by atoms with van der Waals surface area (Å²) < 4.78 is 1.90. The summed E-state index contributed by atoms with van der Waals surface area (Å²) in [4.78, 5) is 10.4. The lowest BCUT2D eigenvalue weighted by atomic mass is 10.1. The molecule has 134 valence electrons. The van der Waals surface area contributed by atoms with E-state index in [2.05, 4.69) is 47.6 Å². The van der Waals surface area contributed by atoms with Crippen molar-refractivity contribution >= 4 is 17.7 Å². The fourth-order valence-electron chi connectivity index (χ4n) is 2.32. The highest BCUT2D eigenvalue weighted by molar-refractivity contribution is 7.99. The molecule has 0 aliphatic heterocycles. The number of aryl methyl sites for hydroxylation is 3. The van der Waals surface area contributed by atoms with E-state index in [1.165, 1.54) is 11.1 Å². The molecule has 5 nitrogen and oxygen atoms in total. The minimum atomic E-state index is -0.734. The molecule has 1 aromatic carbocycles. The van der Waals surface area contributed by atoms with Gasteiger partial charge in [0.15, 0.2) is 0 Å². The summed E-state index contributed by atoms with van der Waals surface area (Å²) >= 11 is 1.65. The van der Waals surface area contributed by atoms with Gasteiger partial charge in [-0.05, 0) is 31.7 Å². The van der Waals surface area contributed by atoms with Gasteiger partial charge in [-0.2, -0.15) is 11.8 Å². The van der Waals surface area contributed by atoms with Crippen LogP contribution in [-0.4, -0.2) is 37.6 Å². The van der Waals surface area contributed by atoms with Crippen molar-refractivity contribution < 1.29 is 9.90 Å². The van der Waals surface area contributed by atoms with Gasteiger partial charge in [0.05, 0.1) is 12.1 Å². The number of rotatable bonds is 11. The Morgan fingerprint density at radius 1 is 1.24 bits per heavy atom. The molecule has 0 spiro atoms. The number of benzene rings is 1. The van der Waals surface area contributed by atoms with E-state index < -0.39 is 5.97 Å². The molecule has 2 rings (SSSR count). The zero-order chi connectivity index (χ0) is 17.9. The molecule has 0 saturated carbocycles. The third-order valence-electron chi connectivity index (χ3n) is 3.84. The molecule has 0 amide bonds. The van der Waals surface area contributed by atoms with E-state index in [9.17, 15) is 4.79 Å². The molecule has 6 heteroatoms. The predicted octanol–water partition coefficient (Wildman–Crippen LogP) is 3.61. The van der Waals surface area contributed by atoms with Crippen LogP contribution < -0.4 is 0 Å². The van der Waals surface area contributed by atoms with Crippen molar-refractivity contribution in [3.63, 3.8) is 0 Å². The Morgan fingerprint density at radius 3 is 2.80 bits per heavy atom. The van der Waals surface area contributed by atoms with Crippen LogP contribution in [0.15, 0.2) is 48.2 Å². The first kappa shape index (κ1) is 19.2. The number of allylic oxidation sites excluding steroid dienone is 1. The van der Waals surface area contributed by atoms with Crippen LogP contribution in [0, 0.1) is 0 Å². The third kappa shape index (κ3) is 8.03. The van der Waals surface area contributed by atoms with Gasteiger partial charge < -0.3 is 5.11 Å². The van der Waals surface area contributed by atoms with Gasteiger partial charge >= 0.3 is 5.97 Å². The lowest BCUT2D eigenvalue weighted by Gasteiger charge is -2.02. The van der Waals surface area contributed by atoms with Crippen LogP contribution in [0.5, 0.6) is 0 Å². The maximum atomic E-state index is 10.4. The van der Waals surface area contributed by atoms with Crippen molar-refractivity contribution in [2.75, 3.05) is 11.5 Å². The van der Waals surface area contributed by atoms with Crippen LogP contribution in [0.3, 0.4) is 0 Å². The Morgan fingerprint density at radius 2 is 2.04 bits per heavy atom. The van der Waals surface area contributed by atoms with Crippen LogP contribution >= 0.6 is 11.8 Å². The molecule has 0 fully saturated rings. The average molecular weight is 359 g/mol. The fraction of sp³-hybridized carbons (Fsp3) is 0.421. The van der Waals surface area contributed by atoms with Gasteiger partial charge in [-0.3, -0.25) is 9.48 Å². The molecule has 25 heavy (non-hydrogen) atoms. The molecule has 0 atom stereocenters. The number of aromatic nitrogens is 3. The van der Waals surface area contributed by atoms with Crippen LogP contribution in [0.25, 0.3) is 0 Å². The van der Waals surface area contributed by atoms with E-state index in [0.29, 0.717) is 5.75 Å². The van der Waals surface area contributed by atoms with E-state index >= 15 is 0 Å². The molecule has 0 unspecified atom stereocenters. The molecule has 0 radical (unpaired) electrons. The number of carbonyl (C=O) groups is 1. The lowest BCUT2D eigenvalue weighted by Crippen LogP contribution is -1.99. The Balaban J connectivity index is 1.67. The van der Waals surface area contributed by atoms with Crippen LogP contribution in [0.1, 0.15) is 31.0 Å². The van der Waals surface area contributed by atoms with Crippen LogP contribution in [-0.2, 0) is 24.2 Å². The van der Waals surface area contributed by atoms with Gasteiger partial charge in [-0.1, -0.05) is 47.2 Å². The van der Waals surface area contributed by atoms with E-state index in [4.69, 9.17) is 5.11 Å². The van der Waals surface area contributed by atoms with Crippen molar-refractivity contribution in [2.24, 2.45) is 0 Å². The number of hydrogen-bond donors (Lipinski definition) is 1. The summed E-state index contributed by atoms with van der Waals surface area (Å²) in [5, 5.41) is 17.0. The second-order valence-electron chi connectivity index (χ2n) is 5.98. The average Bonchev–Trinajstić information content (AvgIpc) is 3.06. The summed E-state index contributed by atoms with van der Waals surface area (Å²) in [7, 11) is 0. The zero-order valence-electron chi connectivity index (χ0n) is 14.6. The van der Waals surface area contributed by atoms with Gasteiger partial charge in [0.2, 0.25) is 0 Å². The lowest BCUT2D eigenvalue weighted by molar-refractivity contribution is -0.136. The number of carboxylic acid groups (broad SMARTS) is 1. The largest absolute Gasteiger partial charge is 0.481 e. The number of aliphatic carboxylic acids is 1. The number of nitrogens with zero attached hydrogens (tertiary/aromatic N) is 3. The smallest absolute Gasteiger partial charge is 0.304 e. The monoisotopic (exact) mass is 359 g/mol. The number of carboxylic acids is 1. The summed E-state index contributed by atoms with van der Waals surface area (Å²) in [5.41, 5.74) is 3.63. The molecule has 2 aromatic rings. The van der Waals surface area contributed by atoms with Crippen molar-refractivity contribution in [3.8, 4) is 0 Å². The maximum absolute atomic E-state index is 10.4. The minimum Gasteiger partial charge on any atom is -0.481 e. The first-order valence-corrected chi connectivity index (χ1v) is 9.67. The molecule has 1 aromatic heterocycles. The normalized spacial score (nSPS) is 11.6. The van der Waals surface area contributed by atoms with Gasteiger partial charge in [-0.25, -0.2) is 0 Å². The highest BCUT2D eigenvalue weighted by atomic mass is 32.2. The van der Waals surface area contributed by atoms with E-state index in [0.717, 1.165) is 37.3 Å². The SMILES string of the molecule is C/C(=C\CSCCC(=O)O)CCn1cc(CCc2ccccc2)nn1. The van der Waals surface area contributed by atoms with Crippen molar-refractivity contribution in [3.05, 3.63) is 59.4 Å². The van der Waals surface area contributed by atoms with Crippen molar-refractivity contribution in [2.45, 2.75) is 39.2 Å². The molecule has 0 aliphatic rings. The quantitative estimate of drug-likeness (QED) is 0.490. The van der Waals surface area contributed by atoms with Crippen LogP contribution in [0.2, 0.25) is 0 Å². The second-order valence-corrected chi connectivity index (χ2v) is 7.13. The molecular formula is C19H25N3O2S. The summed E-state index contributed by atoms with van der Waals surface area (Å²) in [5.74, 6) is 0.786. The molecule has 1 N–H and O–H groups in total. The Hall–Kier alpha value is -2.08.